The Bertz CT molecular complexity index is 165. The molecule has 0 aromatic rings. The number of alkyl halides is 2. The fraction of sp³-hybridized carbons (Fsp3) is 0.857. The minimum Gasteiger partial charge on any atom is -0.313 e. The highest BCUT2D eigenvalue weighted by atomic mass is 19.3. The fourth-order valence-corrected chi connectivity index (χ4v) is 0.702. The van der Waals surface area contributed by atoms with Crippen LogP contribution < -0.4 is 11.3 Å². The Morgan fingerprint density at radius 3 is 2.62 bits per heavy atom. The van der Waals surface area contributed by atoms with Crippen molar-refractivity contribution in [3.8, 4) is 0 Å². The molecule has 3 N–H and O–H groups in total. The molecule has 0 saturated carbocycles. The maximum absolute atomic E-state index is 12.5. The Morgan fingerprint density at radius 1 is 1.54 bits per heavy atom. The molecular weight excluding hydrogens is 182 g/mol. The van der Waals surface area contributed by atoms with Gasteiger partial charge in [0.05, 0.1) is 6.61 Å². The molecule has 0 rings (SSSR count). The summed E-state index contributed by atoms with van der Waals surface area (Å²) in [6, 6.07) is 0. The number of unbranched alkanes of at least 4 members (excludes halogenated alkanes) is 2. The van der Waals surface area contributed by atoms with Crippen LogP contribution in [0.5, 0.6) is 0 Å². The molecule has 0 atom stereocenters. The third-order valence-corrected chi connectivity index (χ3v) is 1.43. The molecule has 1 amide bonds. The average molecular weight is 196 g/mol. The molecule has 0 radical (unpaired) electrons. The first-order chi connectivity index (χ1) is 6.04. The highest BCUT2D eigenvalue weighted by molar-refractivity contribution is 5.81. The fourth-order valence-electron chi connectivity index (χ4n) is 0.702. The number of ether oxygens (including phenoxy) is 1. The van der Waals surface area contributed by atoms with Crippen molar-refractivity contribution in [3.63, 3.8) is 0 Å². The number of hydrogen-bond acceptors (Lipinski definition) is 3. The summed E-state index contributed by atoms with van der Waals surface area (Å²) in [6.45, 7) is 1.79. The number of carbonyl (C=O) groups excluding carboxylic acids is 1. The van der Waals surface area contributed by atoms with Gasteiger partial charge in [-0.15, -0.1) is 0 Å². The molecule has 0 saturated heterocycles. The van der Waals surface area contributed by atoms with Crippen molar-refractivity contribution in [1.82, 2.24) is 5.43 Å². The van der Waals surface area contributed by atoms with Gasteiger partial charge in [-0.25, -0.2) is 5.84 Å². The molecule has 0 heterocycles. The molecule has 0 spiro atoms. The Balaban J connectivity index is 3.69. The Morgan fingerprint density at radius 2 is 2.15 bits per heavy atom. The van der Waals surface area contributed by atoms with Crippen LogP contribution in [0.3, 0.4) is 0 Å². The van der Waals surface area contributed by atoms with Crippen LogP contribution in [0.15, 0.2) is 0 Å². The monoisotopic (exact) mass is 196 g/mol. The van der Waals surface area contributed by atoms with Gasteiger partial charge in [-0.3, -0.25) is 10.2 Å². The summed E-state index contributed by atoms with van der Waals surface area (Å²) >= 11 is 0. The van der Waals surface area contributed by atoms with Gasteiger partial charge < -0.3 is 4.74 Å². The highest BCUT2D eigenvalue weighted by Crippen LogP contribution is 2.15. The van der Waals surface area contributed by atoms with Gasteiger partial charge in [0.2, 0.25) is 0 Å². The van der Waals surface area contributed by atoms with E-state index in [9.17, 15) is 13.6 Å². The van der Waals surface area contributed by atoms with E-state index in [0.29, 0.717) is 6.42 Å². The highest BCUT2D eigenvalue weighted by Gasteiger charge is 2.39. The van der Waals surface area contributed by atoms with E-state index in [0.717, 1.165) is 12.8 Å². The molecule has 0 fully saturated rings. The SMILES string of the molecule is CCCCCOC(F)(F)C(=O)NN. The van der Waals surface area contributed by atoms with Crippen LogP contribution in [0.4, 0.5) is 8.78 Å². The molecule has 0 aliphatic carbocycles. The van der Waals surface area contributed by atoms with Gasteiger partial charge in [0.1, 0.15) is 0 Å². The number of nitrogens with one attached hydrogen (secondary N) is 1. The van der Waals surface area contributed by atoms with E-state index in [1.54, 1.807) is 0 Å². The lowest BCUT2D eigenvalue weighted by atomic mass is 10.3. The predicted octanol–water partition coefficient (Wildman–Crippen LogP) is 0.776. The van der Waals surface area contributed by atoms with Gasteiger partial charge in [-0.1, -0.05) is 19.8 Å². The van der Waals surface area contributed by atoms with Crippen LogP contribution in [0.2, 0.25) is 0 Å². The second kappa shape index (κ2) is 5.82. The number of hydrazine groups is 1. The van der Waals surface area contributed by atoms with Crippen LogP contribution in [-0.4, -0.2) is 18.6 Å². The molecule has 13 heavy (non-hydrogen) atoms. The zero-order chi connectivity index (χ0) is 10.3. The zero-order valence-electron chi connectivity index (χ0n) is 7.48. The minimum absolute atomic E-state index is 0.145. The average Bonchev–Trinajstić information content (AvgIpc) is 2.11. The van der Waals surface area contributed by atoms with Gasteiger partial charge in [-0.05, 0) is 6.42 Å². The number of carbonyl (C=O) groups is 1. The molecule has 0 aliphatic heterocycles. The lowest BCUT2D eigenvalue weighted by Gasteiger charge is -2.14. The largest absolute Gasteiger partial charge is 0.437 e. The van der Waals surface area contributed by atoms with Crippen molar-refractivity contribution in [3.05, 3.63) is 0 Å². The number of amides is 1. The van der Waals surface area contributed by atoms with Crippen molar-refractivity contribution in [2.45, 2.75) is 32.3 Å². The smallest absolute Gasteiger partial charge is 0.313 e. The van der Waals surface area contributed by atoms with E-state index in [-0.39, 0.29) is 6.61 Å². The van der Waals surface area contributed by atoms with E-state index in [4.69, 9.17) is 0 Å². The maximum atomic E-state index is 12.5. The quantitative estimate of drug-likeness (QED) is 0.285. The molecular formula is C7H14F2N2O2. The van der Waals surface area contributed by atoms with Crippen molar-refractivity contribution in [2.24, 2.45) is 5.84 Å². The van der Waals surface area contributed by atoms with Crippen LogP contribution in [0.1, 0.15) is 26.2 Å². The normalized spacial score (nSPS) is 11.4. The predicted molar refractivity (Wildman–Crippen MR) is 42.8 cm³/mol. The zero-order valence-corrected chi connectivity index (χ0v) is 7.48. The van der Waals surface area contributed by atoms with Crippen molar-refractivity contribution in [2.75, 3.05) is 6.61 Å². The molecule has 78 valence electrons. The summed E-state index contributed by atoms with van der Waals surface area (Å²) in [5.41, 5.74) is 1.33. The van der Waals surface area contributed by atoms with Gasteiger partial charge in [0.25, 0.3) is 0 Å². The lowest BCUT2D eigenvalue weighted by Crippen LogP contribution is -2.45. The molecule has 6 heteroatoms. The van der Waals surface area contributed by atoms with Gasteiger partial charge in [0.15, 0.2) is 0 Å². The summed E-state index contributed by atoms with van der Waals surface area (Å²) in [6.07, 6.45) is -1.62. The van der Waals surface area contributed by atoms with Crippen molar-refractivity contribution < 1.29 is 18.3 Å². The Labute approximate surface area is 75.4 Å². The van der Waals surface area contributed by atoms with Crippen LogP contribution >= 0.6 is 0 Å². The first kappa shape index (κ1) is 12.2. The van der Waals surface area contributed by atoms with Crippen LogP contribution in [-0.2, 0) is 9.53 Å². The third kappa shape index (κ3) is 4.74. The summed E-state index contributed by atoms with van der Waals surface area (Å²) in [5.74, 6) is 2.91. The number of rotatable bonds is 6. The third-order valence-electron chi connectivity index (χ3n) is 1.43. The standard InChI is InChI=1S/C7H14F2N2O2/c1-2-3-4-5-13-7(8,9)6(12)11-10/h2-5,10H2,1H3,(H,11,12). The maximum Gasteiger partial charge on any atom is 0.437 e. The second-order valence-corrected chi connectivity index (χ2v) is 2.55. The molecule has 4 nitrogen and oxygen atoms in total. The van der Waals surface area contributed by atoms with E-state index >= 15 is 0 Å². The summed E-state index contributed by atoms with van der Waals surface area (Å²) in [7, 11) is 0. The molecule has 0 aromatic carbocycles. The Kier molecular flexibility index (Phi) is 5.48. The van der Waals surface area contributed by atoms with Crippen LogP contribution in [0, 0.1) is 0 Å². The molecule has 0 aliphatic rings. The summed E-state index contributed by atoms with van der Waals surface area (Å²) in [4.78, 5) is 10.4. The van der Waals surface area contributed by atoms with Crippen molar-refractivity contribution >= 4 is 5.91 Å². The van der Waals surface area contributed by atoms with E-state index in [1.807, 2.05) is 6.92 Å². The van der Waals surface area contributed by atoms with E-state index in [2.05, 4.69) is 10.6 Å². The molecule has 0 unspecified atom stereocenters. The molecule has 0 aromatic heterocycles. The van der Waals surface area contributed by atoms with Crippen LogP contribution in [0.25, 0.3) is 0 Å². The first-order valence-electron chi connectivity index (χ1n) is 4.07. The van der Waals surface area contributed by atoms with Gasteiger partial charge >= 0.3 is 12.0 Å². The lowest BCUT2D eigenvalue weighted by molar-refractivity contribution is -0.231. The van der Waals surface area contributed by atoms with E-state index in [1.165, 1.54) is 5.43 Å². The van der Waals surface area contributed by atoms with Gasteiger partial charge in [-0.2, -0.15) is 8.78 Å². The second-order valence-electron chi connectivity index (χ2n) is 2.55. The summed E-state index contributed by atoms with van der Waals surface area (Å²) < 4.78 is 29.1. The number of halogens is 2. The number of hydrogen-bond donors (Lipinski definition) is 2. The van der Waals surface area contributed by atoms with E-state index < -0.39 is 12.0 Å². The number of nitrogens with two attached hydrogens (primary N) is 1. The van der Waals surface area contributed by atoms with Crippen molar-refractivity contribution in [1.29, 1.82) is 0 Å². The molecule has 0 bridgehead atoms. The topological polar surface area (TPSA) is 64.3 Å². The summed E-state index contributed by atoms with van der Waals surface area (Å²) in [5, 5.41) is 0. The Hall–Kier alpha value is -0.750. The first-order valence-corrected chi connectivity index (χ1v) is 4.07. The van der Waals surface area contributed by atoms with Gasteiger partial charge in [0, 0.05) is 0 Å². The minimum atomic E-state index is -3.82.